The van der Waals surface area contributed by atoms with Crippen LogP contribution in [0.25, 0.3) is 5.69 Å². The fourth-order valence-corrected chi connectivity index (χ4v) is 5.06. The predicted octanol–water partition coefficient (Wildman–Crippen LogP) is 2.93. The molecule has 35 heavy (non-hydrogen) atoms. The van der Waals surface area contributed by atoms with Gasteiger partial charge in [-0.05, 0) is 49.4 Å². The molecule has 5 rings (SSSR count). The number of nitrogens with one attached hydrogen (secondary N) is 1. The summed E-state index contributed by atoms with van der Waals surface area (Å²) in [6.07, 6.45) is 0.705. The van der Waals surface area contributed by atoms with Crippen LogP contribution in [-0.4, -0.2) is 61.3 Å². The lowest BCUT2D eigenvalue weighted by atomic mass is 9.87. The van der Waals surface area contributed by atoms with Gasteiger partial charge in [0.2, 0.25) is 18.4 Å². The van der Waals surface area contributed by atoms with Gasteiger partial charge in [-0.2, -0.15) is 0 Å². The lowest BCUT2D eigenvalue weighted by molar-refractivity contribution is 0.170. The number of aromatic hydroxyl groups is 1. The second-order valence-electron chi connectivity index (χ2n) is 8.22. The Balaban J connectivity index is 1.80. The van der Waals surface area contributed by atoms with E-state index >= 15 is 0 Å². The summed E-state index contributed by atoms with van der Waals surface area (Å²) in [5.74, 6) is 2.20. The smallest absolute Gasteiger partial charge is 0.260 e. The molecule has 0 radical (unpaired) electrons. The third-order valence-electron chi connectivity index (χ3n) is 6.42. The average Bonchev–Trinajstić information content (AvgIpc) is 3.32. The maximum absolute atomic E-state index is 13.3. The highest BCUT2D eigenvalue weighted by molar-refractivity contribution is 7.71. The highest BCUT2D eigenvalue weighted by Crippen LogP contribution is 2.51. The van der Waals surface area contributed by atoms with E-state index in [0.717, 1.165) is 11.1 Å². The Morgan fingerprint density at radius 3 is 2.63 bits per heavy atom. The first kappa shape index (κ1) is 23.1. The number of likely N-dealkylation sites (N-methyl/N-ethyl adjacent to an activating group) is 1. The highest BCUT2D eigenvalue weighted by Gasteiger charge is 2.38. The first-order valence-electron chi connectivity index (χ1n) is 10.9. The fraction of sp³-hybridized carbons (Fsp3) is 0.333. The number of ether oxygens (including phenoxy) is 5. The summed E-state index contributed by atoms with van der Waals surface area (Å²) < 4.78 is 29.2. The lowest BCUT2D eigenvalue weighted by Gasteiger charge is -2.36. The molecule has 1 aromatic heterocycles. The minimum Gasteiger partial charge on any atom is -0.497 e. The number of nitrogens with zero attached hydrogens (tertiary/aromatic N) is 2. The van der Waals surface area contributed by atoms with Gasteiger partial charge in [-0.25, -0.2) is 0 Å². The Bertz CT molecular complexity index is 1430. The number of H-pyrrole nitrogens is 1. The van der Waals surface area contributed by atoms with Gasteiger partial charge in [0.1, 0.15) is 11.5 Å². The van der Waals surface area contributed by atoms with Crippen molar-refractivity contribution in [3.8, 4) is 40.3 Å². The summed E-state index contributed by atoms with van der Waals surface area (Å²) in [5, 5.41) is 11.6. The van der Waals surface area contributed by atoms with Crippen LogP contribution >= 0.6 is 12.2 Å². The van der Waals surface area contributed by atoms with Gasteiger partial charge in [0.05, 0.1) is 38.6 Å². The molecular formula is C24H25N3O7S. The van der Waals surface area contributed by atoms with Crippen LogP contribution in [0.15, 0.2) is 29.1 Å². The molecule has 2 aliphatic rings. The molecule has 0 bridgehead atoms. The average molecular weight is 500 g/mol. The molecular weight excluding hydrogens is 474 g/mol. The van der Waals surface area contributed by atoms with Gasteiger partial charge in [-0.3, -0.25) is 19.2 Å². The Morgan fingerprint density at radius 2 is 1.91 bits per heavy atom. The van der Waals surface area contributed by atoms with Gasteiger partial charge >= 0.3 is 0 Å². The number of hydrogen-bond donors (Lipinski definition) is 2. The molecule has 0 saturated heterocycles. The molecule has 2 aromatic carbocycles. The number of aromatic amines is 1. The minimum atomic E-state index is -0.648. The van der Waals surface area contributed by atoms with E-state index in [1.807, 2.05) is 18.0 Å². The van der Waals surface area contributed by atoms with Crippen LogP contribution in [0.2, 0.25) is 0 Å². The standard InChI is InChI=1S/C24H25N3O7S/c1-26-8-7-12-9-16-20(34-11-33-16)21(32-4)17(12)19(26)18-22(28)25-24(35)27(23(18)29)14-10-13(30-2)5-6-15(14)31-3/h5-6,9-10,19,29H,7-8,11H2,1-4H3,(H,25,28,35)/t19-/m1/s1. The van der Waals surface area contributed by atoms with Crippen molar-refractivity contribution in [1.29, 1.82) is 0 Å². The Kier molecular flexibility index (Phi) is 5.81. The van der Waals surface area contributed by atoms with E-state index in [2.05, 4.69) is 4.98 Å². The summed E-state index contributed by atoms with van der Waals surface area (Å²) in [4.78, 5) is 18.0. The van der Waals surface area contributed by atoms with Crippen LogP contribution in [-0.2, 0) is 6.42 Å². The number of methoxy groups -OCH3 is 3. The molecule has 0 fully saturated rings. The number of rotatable bonds is 5. The molecule has 0 amide bonds. The maximum atomic E-state index is 13.3. The highest BCUT2D eigenvalue weighted by atomic mass is 32.1. The topological polar surface area (TPSA) is 107 Å². The first-order chi connectivity index (χ1) is 16.9. The molecule has 0 spiro atoms. The molecule has 0 aliphatic carbocycles. The van der Waals surface area contributed by atoms with E-state index in [1.165, 1.54) is 18.8 Å². The van der Waals surface area contributed by atoms with Gasteiger partial charge in [0.15, 0.2) is 16.3 Å². The molecule has 3 aromatic rings. The Morgan fingerprint density at radius 1 is 1.11 bits per heavy atom. The Labute approximate surface area is 206 Å². The van der Waals surface area contributed by atoms with Crippen LogP contribution in [0.4, 0.5) is 0 Å². The van der Waals surface area contributed by atoms with E-state index in [0.29, 0.717) is 47.4 Å². The van der Waals surface area contributed by atoms with E-state index < -0.39 is 11.6 Å². The minimum absolute atomic E-state index is 0.0131. The number of hydrogen-bond acceptors (Lipinski definition) is 9. The molecule has 2 aliphatic heterocycles. The summed E-state index contributed by atoms with van der Waals surface area (Å²) >= 11 is 5.45. The van der Waals surface area contributed by atoms with Crippen molar-refractivity contribution in [2.75, 3.05) is 41.7 Å². The fourth-order valence-electron chi connectivity index (χ4n) is 4.78. The number of aromatic nitrogens is 2. The Hall–Kier alpha value is -3.70. The molecule has 0 unspecified atom stereocenters. The van der Waals surface area contributed by atoms with Gasteiger partial charge < -0.3 is 28.8 Å². The summed E-state index contributed by atoms with van der Waals surface area (Å²) in [6, 6.07) is 6.37. The van der Waals surface area contributed by atoms with Crippen LogP contribution in [0, 0.1) is 4.77 Å². The maximum Gasteiger partial charge on any atom is 0.260 e. The third kappa shape index (κ3) is 3.58. The van der Waals surface area contributed by atoms with Gasteiger partial charge in [0.25, 0.3) is 5.56 Å². The predicted molar refractivity (Wildman–Crippen MR) is 129 cm³/mol. The zero-order valence-electron chi connectivity index (χ0n) is 19.7. The van der Waals surface area contributed by atoms with Crippen molar-refractivity contribution < 1.29 is 28.8 Å². The van der Waals surface area contributed by atoms with E-state index in [9.17, 15) is 9.90 Å². The van der Waals surface area contributed by atoms with E-state index in [-0.39, 0.29) is 23.0 Å². The first-order valence-corrected chi connectivity index (χ1v) is 11.3. The van der Waals surface area contributed by atoms with Crippen molar-refractivity contribution in [2.45, 2.75) is 12.5 Å². The van der Waals surface area contributed by atoms with Gasteiger partial charge in [-0.15, -0.1) is 0 Å². The second-order valence-corrected chi connectivity index (χ2v) is 8.61. The molecule has 1 atom stereocenters. The van der Waals surface area contributed by atoms with Crippen molar-refractivity contribution in [1.82, 2.24) is 14.5 Å². The van der Waals surface area contributed by atoms with Crippen molar-refractivity contribution in [3.05, 3.63) is 56.1 Å². The van der Waals surface area contributed by atoms with Crippen LogP contribution in [0.5, 0.6) is 34.6 Å². The molecule has 3 heterocycles. The van der Waals surface area contributed by atoms with Crippen LogP contribution < -0.4 is 29.2 Å². The molecule has 184 valence electrons. The molecule has 0 saturated carbocycles. The number of fused-ring (bicyclic) bond motifs is 2. The van der Waals surface area contributed by atoms with Gasteiger partial charge in [-0.1, -0.05) is 0 Å². The number of benzene rings is 2. The van der Waals surface area contributed by atoms with Crippen molar-refractivity contribution in [3.63, 3.8) is 0 Å². The largest absolute Gasteiger partial charge is 0.497 e. The van der Waals surface area contributed by atoms with Gasteiger partial charge in [0, 0.05) is 18.2 Å². The van der Waals surface area contributed by atoms with E-state index in [4.69, 9.17) is 35.9 Å². The monoisotopic (exact) mass is 499 g/mol. The van der Waals surface area contributed by atoms with Crippen LogP contribution in [0.1, 0.15) is 22.7 Å². The third-order valence-corrected chi connectivity index (χ3v) is 6.70. The molecule has 11 heteroatoms. The summed E-state index contributed by atoms with van der Waals surface area (Å²) in [7, 11) is 6.47. The lowest BCUT2D eigenvalue weighted by Crippen LogP contribution is -2.37. The zero-order chi connectivity index (χ0) is 24.9. The zero-order valence-corrected chi connectivity index (χ0v) is 20.5. The van der Waals surface area contributed by atoms with Crippen LogP contribution in [0.3, 0.4) is 0 Å². The quantitative estimate of drug-likeness (QED) is 0.513. The molecule has 10 nitrogen and oxygen atoms in total. The normalized spacial score (nSPS) is 16.6. The summed E-state index contributed by atoms with van der Waals surface area (Å²) in [5.41, 5.74) is 1.70. The SMILES string of the molecule is COc1ccc(OC)c(-n2c(O)c([C@H]3c4c(cc5c(c4OC)OCO5)CCN3C)c(=O)[nH]c2=S)c1. The summed E-state index contributed by atoms with van der Waals surface area (Å²) in [6.45, 7) is 0.721. The second kappa shape index (κ2) is 8.82. The molecule has 2 N–H and O–H groups in total. The van der Waals surface area contributed by atoms with Crippen molar-refractivity contribution in [2.24, 2.45) is 0 Å². The van der Waals surface area contributed by atoms with Crippen molar-refractivity contribution >= 4 is 12.2 Å². The van der Waals surface area contributed by atoms with E-state index in [1.54, 1.807) is 25.3 Å².